The molecule has 0 bridgehead atoms. The van der Waals surface area contributed by atoms with E-state index in [0.29, 0.717) is 6.54 Å². The quantitative estimate of drug-likeness (QED) is 0.693. The summed E-state index contributed by atoms with van der Waals surface area (Å²) in [7, 11) is -3.03. The van der Waals surface area contributed by atoms with Crippen molar-refractivity contribution in [2.75, 3.05) is 11.6 Å². The molecule has 24 heavy (non-hydrogen) atoms. The summed E-state index contributed by atoms with van der Waals surface area (Å²) in [4.78, 5) is 4.40. The van der Waals surface area contributed by atoms with E-state index in [-0.39, 0.29) is 5.75 Å². The Hall–Kier alpha value is -1.92. The molecule has 0 aliphatic heterocycles. The molecule has 3 rings (SSSR count). The Balaban J connectivity index is 1.82. The fourth-order valence-corrected chi connectivity index (χ4v) is 3.88. The molecule has 3 aromatic rings. The Morgan fingerprint density at radius 2 is 1.83 bits per heavy atom. The number of rotatable bonds is 5. The van der Waals surface area contributed by atoms with E-state index in [4.69, 9.17) is 0 Å². The van der Waals surface area contributed by atoms with Gasteiger partial charge in [0.05, 0.1) is 11.3 Å². The van der Waals surface area contributed by atoms with Gasteiger partial charge in [-0.3, -0.25) is 4.98 Å². The van der Waals surface area contributed by atoms with Gasteiger partial charge in [0.25, 0.3) is 0 Å². The van der Waals surface area contributed by atoms with E-state index in [0.717, 1.165) is 32.2 Å². The summed E-state index contributed by atoms with van der Waals surface area (Å²) in [6.07, 6.45) is 3.02. The van der Waals surface area contributed by atoms with E-state index in [2.05, 4.69) is 26.2 Å². The van der Waals surface area contributed by atoms with E-state index in [1.54, 1.807) is 6.20 Å². The predicted octanol–water partition coefficient (Wildman–Crippen LogP) is 4.15. The van der Waals surface area contributed by atoms with Crippen LogP contribution in [0, 0.1) is 0 Å². The molecule has 0 atom stereocenters. The van der Waals surface area contributed by atoms with Crippen molar-refractivity contribution in [1.82, 2.24) is 4.98 Å². The van der Waals surface area contributed by atoms with Crippen LogP contribution in [-0.2, 0) is 22.1 Å². The number of hydrogen-bond donors (Lipinski definition) is 1. The zero-order valence-electron chi connectivity index (χ0n) is 13.2. The molecular formula is C18H17BrN2O2S. The predicted molar refractivity (Wildman–Crippen MR) is 102 cm³/mol. The van der Waals surface area contributed by atoms with Gasteiger partial charge in [0.15, 0.2) is 9.84 Å². The fourth-order valence-electron chi connectivity index (χ4n) is 2.62. The van der Waals surface area contributed by atoms with Crippen molar-refractivity contribution in [3.63, 3.8) is 0 Å². The molecule has 1 aromatic heterocycles. The van der Waals surface area contributed by atoms with Crippen molar-refractivity contribution in [1.29, 1.82) is 0 Å². The summed E-state index contributed by atoms with van der Waals surface area (Å²) in [6, 6.07) is 15.5. The average Bonchev–Trinajstić information content (AvgIpc) is 2.52. The van der Waals surface area contributed by atoms with Crippen molar-refractivity contribution < 1.29 is 8.42 Å². The molecule has 0 amide bonds. The molecule has 1 heterocycles. The van der Waals surface area contributed by atoms with Gasteiger partial charge in [0.2, 0.25) is 0 Å². The van der Waals surface area contributed by atoms with E-state index in [1.165, 1.54) is 6.26 Å². The van der Waals surface area contributed by atoms with E-state index < -0.39 is 9.84 Å². The summed E-state index contributed by atoms with van der Waals surface area (Å²) < 4.78 is 23.8. The smallest absolute Gasteiger partial charge is 0.151 e. The van der Waals surface area contributed by atoms with Crippen molar-refractivity contribution in [2.24, 2.45) is 0 Å². The van der Waals surface area contributed by atoms with Crippen molar-refractivity contribution in [3.8, 4) is 0 Å². The van der Waals surface area contributed by atoms with Crippen molar-refractivity contribution in [3.05, 3.63) is 70.3 Å². The van der Waals surface area contributed by atoms with Gasteiger partial charge in [-0.2, -0.15) is 0 Å². The van der Waals surface area contributed by atoms with Gasteiger partial charge in [0, 0.05) is 34.5 Å². The number of fused-ring (bicyclic) bond motifs is 1. The minimum absolute atomic E-state index is 0.0615. The maximum absolute atomic E-state index is 11.4. The molecule has 124 valence electrons. The minimum atomic E-state index is -3.03. The fraction of sp³-hybridized carbons (Fsp3) is 0.167. The van der Waals surface area contributed by atoms with Gasteiger partial charge in [-0.15, -0.1) is 0 Å². The summed E-state index contributed by atoms with van der Waals surface area (Å²) in [5, 5.41) is 4.45. The Kier molecular flexibility index (Phi) is 4.87. The van der Waals surface area contributed by atoms with Gasteiger partial charge < -0.3 is 5.32 Å². The maximum Gasteiger partial charge on any atom is 0.151 e. The Morgan fingerprint density at radius 1 is 1.08 bits per heavy atom. The second-order valence-corrected chi connectivity index (χ2v) is 8.73. The summed E-state index contributed by atoms with van der Waals surface area (Å²) >= 11 is 3.52. The van der Waals surface area contributed by atoms with E-state index in [9.17, 15) is 8.42 Å². The number of nitrogens with zero attached hydrogens (tertiary/aromatic N) is 1. The van der Waals surface area contributed by atoms with Gasteiger partial charge in [-0.05, 0) is 39.2 Å². The largest absolute Gasteiger partial charge is 0.380 e. The Bertz CT molecular complexity index is 987. The molecule has 0 aliphatic rings. The molecule has 2 aromatic carbocycles. The van der Waals surface area contributed by atoms with Crippen LogP contribution < -0.4 is 5.32 Å². The lowest BCUT2D eigenvalue weighted by atomic mass is 10.1. The van der Waals surface area contributed by atoms with Gasteiger partial charge in [-0.25, -0.2) is 8.42 Å². The first-order valence-electron chi connectivity index (χ1n) is 7.45. The lowest BCUT2D eigenvalue weighted by Crippen LogP contribution is -2.04. The van der Waals surface area contributed by atoms with Crippen LogP contribution in [0.25, 0.3) is 10.9 Å². The summed E-state index contributed by atoms with van der Waals surface area (Å²) in [5.74, 6) is 0.0615. The molecule has 0 aliphatic carbocycles. The average molecular weight is 405 g/mol. The van der Waals surface area contributed by atoms with Crippen LogP contribution in [0.3, 0.4) is 0 Å². The molecule has 1 N–H and O–H groups in total. The van der Waals surface area contributed by atoms with Crippen molar-refractivity contribution in [2.45, 2.75) is 12.3 Å². The third-order valence-electron chi connectivity index (χ3n) is 3.63. The lowest BCUT2D eigenvalue weighted by Gasteiger charge is -2.11. The molecule has 0 saturated carbocycles. The highest BCUT2D eigenvalue weighted by molar-refractivity contribution is 9.10. The third-order valence-corrected chi connectivity index (χ3v) is 5.12. The number of sulfone groups is 1. The summed E-state index contributed by atoms with van der Waals surface area (Å²) in [5.41, 5.74) is 3.75. The molecule has 6 heteroatoms. The van der Waals surface area contributed by atoms with Gasteiger partial charge >= 0.3 is 0 Å². The number of hydrogen-bond acceptors (Lipinski definition) is 4. The van der Waals surface area contributed by atoms with Crippen LogP contribution >= 0.6 is 15.9 Å². The van der Waals surface area contributed by atoms with Crippen LogP contribution in [0.4, 0.5) is 5.69 Å². The molecule has 0 spiro atoms. The van der Waals surface area contributed by atoms with Crippen LogP contribution in [0.1, 0.15) is 11.1 Å². The molecule has 0 saturated heterocycles. The van der Waals surface area contributed by atoms with Crippen LogP contribution in [-0.4, -0.2) is 19.7 Å². The lowest BCUT2D eigenvalue weighted by molar-refractivity contribution is 0.601. The topological polar surface area (TPSA) is 59.1 Å². The highest BCUT2D eigenvalue weighted by Crippen LogP contribution is 2.27. The second kappa shape index (κ2) is 6.91. The Morgan fingerprint density at radius 3 is 2.62 bits per heavy atom. The molecule has 0 radical (unpaired) electrons. The van der Waals surface area contributed by atoms with Gasteiger partial charge in [0.1, 0.15) is 0 Å². The van der Waals surface area contributed by atoms with Crippen LogP contribution in [0.15, 0.2) is 59.2 Å². The highest BCUT2D eigenvalue weighted by atomic mass is 79.9. The standard InChI is InChI=1S/C18H17BrN2O2S/c1-24(22,23)12-14-5-2-4-13(10-14)11-21-17-8-9-20-18-15(17)6-3-7-16(18)19/h2-10H,11-12H2,1H3,(H,20,21). The van der Waals surface area contributed by atoms with E-state index >= 15 is 0 Å². The molecular weight excluding hydrogens is 388 g/mol. The van der Waals surface area contributed by atoms with Crippen LogP contribution in [0.5, 0.6) is 0 Å². The van der Waals surface area contributed by atoms with Gasteiger partial charge in [-0.1, -0.05) is 36.4 Å². The number of benzene rings is 2. The van der Waals surface area contributed by atoms with Crippen molar-refractivity contribution >= 4 is 42.4 Å². The second-order valence-electron chi connectivity index (χ2n) is 5.74. The maximum atomic E-state index is 11.4. The third kappa shape index (κ3) is 4.13. The number of pyridine rings is 1. The summed E-state index contributed by atoms with van der Waals surface area (Å²) in [6.45, 7) is 0.614. The Labute approximate surface area is 150 Å². The monoisotopic (exact) mass is 404 g/mol. The zero-order chi connectivity index (χ0) is 17.2. The van der Waals surface area contributed by atoms with Crippen LogP contribution in [0.2, 0.25) is 0 Å². The molecule has 4 nitrogen and oxygen atoms in total. The van der Waals surface area contributed by atoms with E-state index in [1.807, 2.05) is 48.5 Å². The zero-order valence-corrected chi connectivity index (χ0v) is 15.6. The number of halogens is 1. The first-order valence-corrected chi connectivity index (χ1v) is 10.3. The molecule has 0 unspecified atom stereocenters. The number of anilines is 1. The number of aromatic nitrogens is 1. The number of para-hydroxylation sites is 1. The number of nitrogens with one attached hydrogen (secondary N) is 1. The normalized spacial score (nSPS) is 11.6. The first-order chi connectivity index (χ1) is 11.4. The minimum Gasteiger partial charge on any atom is -0.380 e. The highest BCUT2D eigenvalue weighted by Gasteiger charge is 2.07. The SMILES string of the molecule is CS(=O)(=O)Cc1cccc(CNc2ccnc3c(Br)cccc23)c1. The molecule has 0 fully saturated rings. The first kappa shape index (κ1) is 16.9.